The molecule has 238 valence electrons. The number of anilines is 1. The highest BCUT2D eigenvalue weighted by Crippen LogP contribution is 2.30. The van der Waals surface area contributed by atoms with E-state index in [9.17, 15) is 24.0 Å². The number of carbonyl (C=O) groups is 4. The van der Waals surface area contributed by atoms with Crippen molar-refractivity contribution in [3.8, 4) is 23.0 Å². The predicted octanol–water partition coefficient (Wildman–Crippen LogP) is 4.17. The maximum Gasteiger partial charge on any atom is 0.308 e. The van der Waals surface area contributed by atoms with E-state index in [2.05, 4.69) is 20.6 Å². The molecule has 1 unspecified atom stereocenters. The molecule has 12 nitrogen and oxygen atoms in total. The zero-order chi connectivity index (χ0) is 33.1. The third kappa shape index (κ3) is 8.72. The molecule has 2 aromatic carbocycles. The molecule has 0 aliphatic rings. The number of benzene rings is 2. The van der Waals surface area contributed by atoms with Crippen LogP contribution in [0, 0.1) is 0 Å². The Hall–Kier alpha value is -5.65. The molecule has 4 rings (SSSR count). The molecule has 2 aromatic heterocycles. The van der Waals surface area contributed by atoms with E-state index in [0.717, 1.165) is 12.8 Å². The molecule has 12 heteroatoms. The molecule has 2 amide bonds. The Morgan fingerprint density at radius 1 is 0.935 bits per heavy atom. The van der Waals surface area contributed by atoms with E-state index in [0.29, 0.717) is 17.5 Å². The average Bonchev–Trinajstić information content (AvgIpc) is 3.04. The van der Waals surface area contributed by atoms with Crippen molar-refractivity contribution in [3.63, 3.8) is 0 Å². The van der Waals surface area contributed by atoms with Crippen LogP contribution in [0.4, 0.5) is 5.69 Å². The van der Waals surface area contributed by atoms with Gasteiger partial charge >= 0.3 is 5.97 Å². The van der Waals surface area contributed by atoms with Gasteiger partial charge in [-0.3, -0.25) is 28.5 Å². The number of ether oxygens (including phenoxy) is 2. The fourth-order valence-electron chi connectivity index (χ4n) is 4.65. The summed E-state index contributed by atoms with van der Waals surface area (Å²) in [5.41, 5.74) is 0.297. The minimum atomic E-state index is -0.625. The molecule has 2 heterocycles. The SMILES string of the molecule is CCCCC(CNC(=O)Cn1c(-c2ccccc2)ncc(NC(C)=O)c1=O)Oc1nccc(OC(C)=O)c1C(=O)c1ccccc1. The standard InChI is InChI=1S/C34H35N5O7/c1-4-5-16-26(46-33-30(28(17-18-35-33)45-23(3)41)31(43)24-12-8-6-9-13-24)19-36-29(42)21-39-32(25-14-10-7-11-15-25)37-20-27(34(39)44)38-22(2)40/h6-15,17-18,20,26H,4-5,16,19,21H2,1-3H3,(H,36,42)(H,38,40). The highest BCUT2D eigenvalue weighted by atomic mass is 16.5. The van der Waals surface area contributed by atoms with E-state index in [1.807, 2.05) is 13.0 Å². The Bertz CT molecular complexity index is 1760. The van der Waals surface area contributed by atoms with Crippen LogP contribution in [-0.2, 0) is 20.9 Å². The van der Waals surface area contributed by atoms with Crippen molar-refractivity contribution in [2.24, 2.45) is 0 Å². The van der Waals surface area contributed by atoms with Crippen molar-refractivity contribution in [3.05, 3.63) is 101 Å². The van der Waals surface area contributed by atoms with E-state index >= 15 is 0 Å². The summed E-state index contributed by atoms with van der Waals surface area (Å²) in [5.74, 6) is -1.80. The van der Waals surface area contributed by atoms with E-state index in [-0.39, 0.29) is 41.8 Å². The first-order valence-electron chi connectivity index (χ1n) is 14.8. The number of amides is 2. The average molecular weight is 626 g/mol. The molecule has 0 fully saturated rings. The van der Waals surface area contributed by atoms with E-state index in [1.165, 1.54) is 36.9 Å². The smallest absolute Gasteiger partial charge is 0.308 e. The molecular weight excluding hydrogens is 590 g/mol. The molecule has 0 aliphatic heterocycles. The quantitative estimate of drug-likeness (QED) is 0.155. The maximum absolute atomic E-state index is 13.6. The van der Waals surface area contributed by atoms with Crippen LogP contribution in [0.25, 0.3) is 11.4 Å². The first-order valence-corrected chi connectivity index (χ1v) is 14.8. The molecule has 0 saturated heterocycles. The Kier molecular flexibility index (Phi) is 11.5. The number of carbonyl (C=O) groups excluding carboxylic acids is 4. The second-order valence-corrected chi connectivity index (χ2v) is 10.4. The zero-order valence-electron chi connectivity index (χ0n) is 25.8. The molecule has 0 radical (unpaired) electrons. The molecule has 1 atom stereocenters. The number of ketones is 1. The van der Waals surface area contributed by atoms with Crippen molar-refractivity contribution in [2.45, 2.75) is 52.7 Å². The van der Waals surface area contributed by atoms with E-state index in [4.69, 9.17) is 9.47 Å². The maximum atomic E-state index is 13.6. The van der Waals surface area contributed by atoms with Crippen molar-refractivity contribution < 1.29 is 28.7 Å². The fourth-order valence-corrected chi connectivity index (χ4v) is 4.65. The zero-order valence-corrected chi connectivity index (χ0v) is 25.8. The molecule has 4 aromatic rings. The minimum absolute atomic E-state index is 0.00370. The Morgan fingerprint density at radius 2 is 1.63 bits per heavy atom. The van der Waals surface area contributed by atoms with Gasteiger partial charge in [-0.1, -0.05) is 74.0 Å². The Balaban J connectivity index is 1.59. The van der Waals surface area contributed by atoms with Gasteiger partial charge in [0.15, 0.2) is 0 Å². The summed E-state index contributed by atoms with van der Waals surface area (Å²) < 4.78 is 12.8. The summed E-state index contributed by atoms with van der Waals surface area (Å²) >= 11 is 0. The molecule has 0 bridgehead atoms. The highest BCUT2D eigenvalue weighted by Gasteiger charge is 2.25. The fraction of sp³-hybridized carbons (Fsp3) is 0.265. The van der Waals surface area contributed by atoms with Crippen LogP contribution >= 0.6 is 0 Å². The first-order chi connectivity index (χ1) is 22.2. The van der Waals surface area contributed by atoms with Crippen LogP contribution < -0.4 is 25.7 Å². The summed E-state index contributed by atoms with van der Waals surface area (Å²) in [6.45, 7) is 4.14. The summed E-state index contributed by atoms with van der Waals surface area (Å²) in [4.78, 5) is 72.3. The lowest BCUT2D eigenvalue weighted by Crippen LogP contribution is -2.39. The topological polar surface area (TPSA) is 159 Å². The second-order valence-electron chi connectivity index (χ2n) is 10.4. The Morgan fingerprint density at radius 3 is 2.28 bits per heavy atom. The normalized spacial score (nSPS) is 11.3. The van der Waals surface area contributed by atoms with Crippen LogP contribution in [0.1, 0.15) is 56.0 Å². The predicted molar refractivity (Wildman–Crippen MR) is 171 cm³/mol. The van der Waals surface area contributed by atoms with Crippen molar-refractivity contribution >= 4 is 29.3 Å². The lowest BCUT2D eigenvalue weighted by atomic mass is 10.0. The number of pyridine rings is 1. The number of nitrogens with one attached hydrogen (secondary N) is 2. The number of hydrogen-bond acceptors (Lipinski definition) is 9. The molecule has 0 spiro atoms. The van der Waals surface area contributed by atoms with Crippen molar-refractivity contribution in [1.82, 2.24) is 19.9 Å². The number of hydrogen-bond donors (Lipinski definition) is 2. The summed E-state index contributed by atoms with van der Waals surface area (Å²) in [7, 11) is 0. The van der Waals surface area contributed by atoms with Gasteiger partial charge in [-0.2, -0.15) is 0 Å². The third-order valence-corrected chi connectivity index (χ3v) is 6.77. The number of esters is 1. The van der Waals surface area contributed by atoms with Gasteiger partial charge in [-0.15, -0.1) is 0 Å². The number of rotatable bonds is 14. The first kappa shape index (κ1) is 33.2. The van der Waals surface area contributed by atoms with Crippen LogP contribution in [0.5, 0.6) is 11.6 Å². The van der Waals surface area contributed by atoms with Crippen LogP contribution in [0.3, 0.4) is 0 Å². The minimum Gasteiger partial charge on any atom is -0.472 e. The van der Waals surface area contributed by atoms with Gasteiger partial charge in [-0.25, -0.2) is 9.97 Å². The van der Waals surface area contributed by atoms with Crippen molar-refractivity contribution in [1.29, 1.82) is 0 Å². The van der Waals surface area contributed by atoms with Gasteiger partial charge in [0, 0.05) is 37.2 Å². The van der Waals surface area contributed by atoms with Crippen LogP contribution in [0.15, 0.2) is 83.9 Å². The van der Waals surface area contributed by atoms with Gasteiger partial charge < -0.3 is 20.1 Å². The van der Waals surface area contributed by atoms with Crippen LogP contribution in [-0.4, -0.2) is 50.8 Å². The van der Waals surface area contributed by atoms with Crippen molar-refractivity contribution in [2.75, 3.05) is 11.9 Å². The number of aromatic nitrogens is 3. The summed E-state index contributed by atoms with van der Waals surface area (Å²) in [6.07, 6.45) is 4.09. The van der Waals surface area contributed by atoms with Gasteiger partial charge in [0.1, 0.15) is 35.5 Å². The van der Waals surface area contributed by atoms with Gasteiger partial charge in [0.25, 0.3) is 5.56 Å². The molecule has 2 N–H and O–H groups in total. The third-order valence-electron chi connectivity index (χ3n) is 6.77. The second kappa shape index (κ2) is 15.9. The number of nitrogens with zero attached hydrogens (tertiary/aromatic N) is 3. The summed E-state index contributed by atoms with van der Waals surface area (Å²) in [5, 5.41) is 5.27. The van der Waals surface area contributed by atoms with E-state index in [1.54, 1.807) is 54.6 Å². The van der Waals surface area contributed by atoms with Gasteiger partial charge in [0.05, 0.1) is 12.7 Å². The number of unbranched alkanes of at least 4 members (excludes halogenated alkanes) is 1. The molecular formula is C34H35N5O7. The molecule has 46 heavy (non-hydrogen) atoms. The van der Waals surface area contributed by atoms with Gasteiger partial charge in [-0.05, 0) is 12.8 Å². The summed E-state index contributed by atoms with van der Waals surface area (Å²) in [6, 6.07) is 18.8. The highest BCUT2D eigenvalue weighted by molar-refractivity contribution is 6.12. The lowest BCUT2D eigenvalue weighted by molar-refractivity contribution is -0.132. The van der Waals surface area contributed by atoms with Gasteiger partial charge in [0.2, 0.25) is 23.5 Å². The van der Waals surface area contributed by atoms with E-state index < -0.39 is 35.2 Å². The molecule has 0 aliphatic carbocycles. The Labute approximate surface area is 265 Å². The monoisotopic (exact) mass is 625 g/mol. The lowest BCUT2D eigenvalue weighted by Gasteiger charge is -2.21. The molecule has 0 saturated carbocycles. The largest absolute Gasteiger partial charge is 0.472 e. The van der Waals surface area contributed by atoms with Crippen LogP contribution in [0.2, 0.25) is 0 Å².